The third-order valence-corrected chi connectivity index (χ3v) is 3.28. The van der Waals surface area contributed by atoms with Gasteiger partial charge in [-0.2, -0.15) is 0 Å². The van der Waals surface area contributed by atoms with Gasteiger partial charge in [-0.1, -0.05) is 20.3 Å². The van der Waals surface area contributed by atoms with E-state index in [0.717, 1.165) is 17.8 Å². The molecule has 1 nitrogen and oxygen atoms in total. The van der Waals surface area contributed by atoms with Gasteiger partial charge < -0.3 is 5.73 Å². The molecule has 1 saturated carbocycles. The van der Waals surface area contributed by atoms with Gasteiger partial charge in [-0.05, 0) is 43.9 Å². The van der Waals surface area contributed by atoms with Crippen molar-refractivity contribution in [2.45, 2.75) is 52.5 Å². The molecule has 0 amide bonds. The number of hydrogen-bond acceptors (Lipinski definition) is 1. The minimum atomic E-state index is 0.394. The van der Waals surface area contributed by atoms with Gasteiger partial charge in [0.25, 0.3) is 0 Å². The molecule has 0 heterocycles. The van der Waals surface area contributed by atoms with Crippen LogP contribution in [0.3, 0.4) is 0 Å². The van der Waals surface area contributed by atoms with Crippen molar-refractivity contribution in [2.24, 2.45) is 23.5 Å². The molecule has 1 heteroatoms. The maximum atomic E-state index is 5.82. The van der Waals surface area contributed by atoms with Crippen LogP contribution in [0.25, 0.3) is 0 Å². The Balaban J connectivity index is 2.34. The molecule has 0 spiro atoms. The molecule has 0 aliphatic heterocycles. The number of nitrogens with two attached hydrogens (primary N) is 1. The Labute approximate surface area is 76.7 Å². The van der Waals surface area contributed by atoms with Crippen LogP contribution < -0.4 is 5.73 Å². The van der Waals surface area contributed by atoms with E-state index in [2.05, 4.69) is 20.8 Å². The SMILES string of the molecule is CC(N)CC1CCC(C)CC1C. The van der Waals surface area contributed by atoms with E-state index in [0.29, 0.717) is 6.04 Å². The van der Waals surface area contributed by atoms with Gasteiger partial charge >= 0.3 is 0 Å². The van der Waals surface area contributed by atoms with Gasteiger partial charge in [0, 0.05) is 6.04 Å². The van der Waals surface area contributed by atoms with Crippen molar-refractivity contribution in [2.75, 3.05) is 0 Å². The highest BCUT2D eigenvalue weighted by Crippen LogP contribution is 2.35. The van der Waals surface area contributed by atoms with E-state index in [9.17, 15) is 0 Å². The predicted molar refractivity (Wildman–Crippen MR) is 53.9 cm³/mol. The molecular formula is C11H23N. The molecule has 1 aliphatic rings. The maximum absolute atomic E-state index is 5.82. The lowest BCUT2D eigenvalue weighted by Gasteiger charge is -2.33. The highest BCUT2D eigenvalue weighted by atomic mass is 14.6. The molecule has 1 rings (SSSR count). The minimum absolute atomic E-state index is 0.394. The van der Waals surface area contributed by atoms with E-state index in [1.165, 1.54) is 25.7 Å². The average Bonchev–Trinajstić information content (AvgIpc) is 1.94. The number of hydrogen-bond donors (Lipinski definition) is 1. The monoisotopic (exact) mass is 169 g/mol. The molecule has 1 fully saturated rings. The Kier molecular flexibility index (Phi) is 3.57. The van der Waals surface area contributed by atoms with Crippen LogP contribution in [0.2, 0.25) is 0 Å². The first-order valence-corrected chi connectivity index (χ1v) is 5.35. The second-order valence-electron chi connectivity index (χ2n) is 4.87. The lowest BCUT2D eigenvalue weighted by molar-refractivity contribution is 0.187. The molecule has 0 radical (unpaired) electrons. The van der Waals surface area contributed by atoms with Crippen LogP contribution in [0, 0.1) is 17.8 Å². The highest BCUT2D eigenvalue weighted by Gasteiger charge is 2.25. The molecule has 0 aromatic heterocycles. The average molecular weight is 169 g/mol. The van der Waals surface area contributed by atoms with E-state index in [1.807, 2.05) is 0 Å². The van der Waals surface area contributed by atoms with Gasteiger partial charge in [0.15, 0.2) is 0 Å². The van der Waals surface area contributed by atoms with Gasteiger partial charge in [-0.25, -0.2) is 0 Å². The van der Waals surface area contributed by atoms with Gasteiger partial charge in [0.05, 0.1) is 0 Å². The maximum Gasteiger partial charge on any atom is 0.00132 e. The fourth-order valence-electron chi connectivity index (χ4n) is 2.56. The van der Waals surface area contributed by atoms with E-state index in [-0.39, 0.29) is 0 Å². The van der Waals surface area contributed by atoms with Gasteiger partial charge in [-0.3, -0.25) is 0 Å². The van der Waals surface area contributed by atoms with Crippen LogP contribution >= 0.6 is 0 Å². The molecule has 12 heavy (non-hydrogen) atoms. The molecule has 0 saturated heterocycles. The Hall–Kier alpha value is -0.0400. The Morgan fingerprint density at radius 2 is 2.00 bits per heavy atom. The van der Waals surface area contributed by atoms with Crippen LogP contribution in [-0.4, -0.2) is 6.04 Å². The van der Waals surface area contributed by atoms with Gasteiger partial charge in [0.1, 0.15) is 0 Å². The van der Waals surface area contributed by atoms with E-state index in [1.54, 1.807) is 0 Å². The fourth-order valence-corrected chi connectivity index (χ4v) is 2.56. The first-order chi connectivity index (χ1) is 5.59. The molecular weight excluding hydrogens is 146 g/mol. The topological polar surface area (TPSA) is 26.0 Å². The minimum Gasteiger partial charge on any atom is -0.328 e. The van der Waals surface area contributed by atoms with E-state index < -0.39 is 0 Å². The number of rotatable bonds is 2. The zero-order chi connectivity index (χ0) is 9.14. The zero-order valence-electron chi connectivity index (χ0n) is 8.72. The van der Waals surface area contributed by atoms with Crippen LogP contribution in [0.1, 0.15) is 46.5 Å². The third-order valence-electron chi connectivity index (χ3n) is 3.28. The summed E-state index contributed by atoms with van der Waals surface area (Å²) in [5.74, 6) is 2.75. The zero-order valence-corrected chi connectivity index (χ0v) is 8.72. The molecule has 0 bridgehead atoms. The Morgan fingerprint density at radius 3 is 2.50 bits per heavy atom. The normalized spacial score (nSPS) is 39.5. The molecule has 0 aromatic rings. The molecule has 72 valence electrons. The molecule has 1 aliphatic carbocycles. The standard InChI is InChI=1S/C11H23N/c1-8-4-5-11(7-10(3)12)9(2)6-8/h8-11H,4-7,12H2,1-3H3. The highest BCUT2D eigenvalue weighted by molar-refractivity contribution is 4.77. The lowest BCUT2D eigenvalue weighted by Crippen LogP contribution is -2.27. The summed E-state index contributed by atoms with van der Waals surface area (Å²) in [5, 5.41) is 0. The van der Waals surface area contributed by atoms with Crippen LogP contribution in [-0.2, 0) is 0 Å². The predicted octanol–water partition coefficient (Wildman–Crippen LogP) is 2.80. The van der Waals surface area contributed by atoms with E-state index in [4.69, 9.17) is 5.73 Å². The van der Waals surface area contributed by atoms with Crippen LogP contribution in [0.4, 0.5) is 0 Å². The van der Waals surface area contributed by atoms with Crippen molar-refractivity contribution in [3.05, 3.63) is 0 Å². The van der Waals surface area contributed by atoms with Crippen molar-refractivity contribution in [1.82, 2.24) is 0 Å². The van der Waals surface area contributed by atoms with Gasteiger partial charge in [-0.15, -0.1) is 0 Å². The lowest BCUT2D eigenvalue weighted by atomic mass is 9.73. The van der Waals surface area contributed by atoms with E-state index >= 15 is 0 Å². The Morgan fingerprint density at radius 1 is 1.33 bits per heavy atom. The summed E-state index contributed by atoms with van der Waals surface area (Å²) in [7, 11) is 0. The summed E-state index contributed by atoms with van der Waals surface area (Å²) in [5.41, 5.74) is 5.82. The summed E-state index contributed by atoms with van der Waals surface area (Å²) in [6, 6.07) is 0.394. The first kappa shape index (κ1) is 10.0. The largest absolute Gasteiger partial charge is 0.328 e. The third kappa shape index (κ3) is 2.78. The quantitative estimate of drug-likeness (QED) is 0.676. The van der Waals surface area contributed by atoms with Crippen molar-refractivity contribution in [1.29, 1.82) is 0 Å². The first-order valence-electron chi connectivity index (χ1n) is 5.35. The van der Waals surface area contributed by atoms with Crippen molar-refractivity contribution >= 4 is 0 Å². The van der Waals surface area contributed by atoms with Crippen molar-refractivity contribution in [3.8, 4) is 0 Å². The molecule has 4 unspecified atom stereocenters. The van der Waals surface area contributed by atoms with Crippen molar-refractivity contribution in [3.63, 3.8) is 0 Å². The molecule has 0 aromatic carbocycles. The Bertz CT molecular complexity index is 131. The second-order valence-corrected chi connectivity index (χ2v) is 4.87. The summed E-state index contributed by atoms with van der Waals surface area (Å²) in [6.07, 6.45) is 5.47. The van der Waals surface area contributed by atoms with Crippen LogP contribution in [0.5, 0.6) is 0 Å². The summed E-state index contributed by atoms with van der Waals surface area (Å²) in [4.78, 5) is 0. The molecule has 4 atom stereocenters. The summed E-state index contributed by atoms with van der Waals surface area (Å²) in [6.45, 7) is 6.89. The smallest absolute Gasteiger partial charge is 0.00132 e. The van der Waals surface area contributed by atoms with Crippen LogP contribution in [0.15, 0.2) is 0 Å². The summed E-state index contributed by atoms with van der Waals surface area (Å²) < 4.78 is 0. The second kappa shape index (κ2) is 4.27. The van der Waals surface area contributed by atoms with Crippen molar-refractivity contribution < 1.29 is 0 Å². The van der Waals surface area contributed by atoms with Gasteiger partial charge in [0.2, 0.25) is 0 Å². The fraction of sp³-hybridized carbons (Fsp3) is 1.00. The molecule has 2 N–H and O–H groups in total. The summed E-state index contributed by atoms with van der Waals surface area (Å²) >= 11 is 0.